The van der Waals surface area contributed by atoms with Gasteiger partial charge in [-0.05, 0) is 37.7 Å². The number of nitrogen functional groups attached to an aromatic ring is 1. The van der Waals surface area contributed by atoms with Gasteiger partial charge in [0.25, 0.3) is 0 Å². The molecule has 2 atom stereocenters. The zero-order valence-corrected chi connectivity index (χ0v) is 13.0. The minimum Gasteiger partial charge on any atom is -0.486 e. The van der Waals surface area contributed by atoms with Crippen LogP contribution >= 0.6 is 11.8 Å². The van der Waals surface area contributed by atoms with E-state index < -0.39 is 0 Å². The van der Waals surface area contributed by atoms with Crippen LogP contribution in [0.3, 0.4) is 0 Å². The summed E-state index contributed by atoms with van der Waals surface area (Å²) in [6.07, 6.45) is 1.82. The number of aromatic nitrogens is 1. The first-order valence-electron chi connectivity index (χ1n) is 6.97. The maximum atomic E-state index is 6.17. The molecule has 3 N–H and O–H groups in total. The third kappa shape index (κ3) is 2.84. The molecule has 0 saturated carbocycles. The number of likely N-dealkylation sites (N-methyl/N-ethyl adjacent to an activating group) is 1. The Morgan fingerprint density at radius 3 is 3.05 bits per heavy atom. The van der Waals surface area contributed by atoms with Crippen LogP contribution in [-0.4, -0.2) is 23.9 Å². The molecule has 2 unspecified atom stereocenters. The summed E-state index contributed by atoms with van der Waals surface area (Å²) in [5.41, 5.74) is 8.16. The first kappa shape index (κ1) is 14.2. The van der Waals surface area contributed by atoms with Gasteiger partial charge in [-0.25, -0.2) is 4.98 Å². The first-order valence-corrected chi connectivity index (χ1v) is 7.95. The lowest BCUT2D eigenvalue weighted by Gasteiger charge is -2.32. The highest BCUT2D eigenvalue weighted by molar-refractivity contribution is 7.99. The Morgan fingerprint density at radius 1 is 1.43 bits per heavy atom. The molecule has 0 amide bonds. The van der Waals surface area contributed by atoms with Crippen molar-refractivity contribution in [2.45, 2.75) is 24.0 Å². The van der Waals surface area contributed by atoms with Gasteiger partial charge in [-0.3, -0.25) is 0 Å². The number of hydrogen-bond acceptors (Lipinski definition) is 5. The van der Waals surface area contributed by atoms with Crippen molar-refractivity contribution in [1.82, 2.24) is 10.3 Å². The summed E-state index contributed by atoms with van der Waals surface area (Å²) < 4.78 is 6.17. The molecule has 1 aliphatic heterocycles. The van der Waals surface area contributed by atoms with Crippen LogP contribution in [0.15, 0.2) is 41.4 Å². The molecule has 1 aliphatic rings. The van der Waals surface area contributed by atoms with E-state index in [1.807, 2.05) is 43.9 Å². The van der Waals surface area contributed by atoms with Crippen molar-refractivity contribution in [3.8, 4) is 5.75 Å². The largest absolute Gasteiger partial charge is 0.486 e. The van der Waals surface area contributed by atoms with E-state index in [-0.39, 0.29) is 12.1 Å². The van der Waals surface area contributed by atoms with Crippen molar-refractivity contribution < 1.29 is 4.74 Å². The van der Waals surface area contributed by atoms with Crippen molar-refractivity contribution in [2.24, 2.45) is 0 Å². The van der Waals surface area contributed by atoms with Crippen LogP contribution in [-0.2, 0) is 0 Å². The number of pyridine rings is 1. The quantitative estimate of drug-likeness (QED) is 0.913. The topological polar surface area (TPSA) is 60.2 Å². The van der Waals surface area contributed by atoms with Crippen LogP contribution in [0, 0.1) is 6.92 Å². The number of nitrogens with one attached hydrogen (secondary N) is 1. The lowest BCUT2D eigenvalue weighted by molar-refractivity contribution is 0.171. The number of aryl methyl sites for hydroxylation is 1. The van der Waals surface area contributed by atoms with Crippen LogP contribution in [0.4, 0.5) is 5.82 Å². The van der Waals surface area contributed by atoms with Crippen molar-refractivity contribution in [3.63, 3.8) is 0 Å². The summed E-state index contributed by atoms with van der Waals surface area (Å²) in [5.74, 6) is 2.39. The highest BCUT2D eigenvalue weighted by atomic mass is 32.2. The summed E-state index contributed by atoms with van der Waals surface area (Å²) in [4.78, 5) is 5.46. The molecular weight excluding hydrogens is 282 g/mol. The Hall–Kier alpha value is -1.72. The molecule has 2 heterocycles. The Balaban J connectivity index is 1.90. The van der Waals surface area contributed by atoms with Crippen molar-refractivity contribution in [1.29, 1.82) is 0 Å². The van der Waals surface area contributed by atoms with E-state index in [9.17, 15) is 0 Å². The zero-order valence-electron chi connectivity index (χ0n) is 12.2. The summed E-state index contributed by atoms with van der Waals surface area (Å²) in [6.45, 7) is 2.02. The number of anilines is 1. The predicted molar refractivity (Wildman–Crippen MR) is 86.8 cm³/mol. The molecule has 1 aromatic heterocycles. The van der Waals surface area contributed by atoms with Gasteiger partial charge in [0.2, 0.25) is 0 Å². The fourth-order valence-corrected chi connectivity index (χ4v) is 3.63. The second-order valence-electron chi connectivity index (χ2n) is 5.17. The number of nitrogens with two attached hydrogens (primary N) is 1. The molecule has 21 heavy (non-hydrogen) atoms. The molecular formula is C16H19N3OS. The summed E-state index contributed by atoms with van der Waals surface area (Å²) in [5, 5.41) is 3.33. The van der Waals surface area contributed by atoms with Crippen LogP contribution in [0.1, 0.15) is 17.2 Å². The Bertz CT molecular complexity index is 647. The van der Waals surface area contributed by atoms with Crippen LogP contribution in [0.2, 0.25) is 0 Å². The molecule has 0 bridgehead atoms. The zero-order chi connectivity index (χ0) is 14.8. The maximum absolute atomic E-state index is 6.17. The fraction of sp³-hybridized carbons (Fsp3) is 0.312. The molecule has 110 valence electrons. The third-order valence-corrected chi connectivity index (χ3v) is 4.78. The van der Waals surface area contributed by atoms with Gasteiger partial charge >= 0.3 is 0 Å². The van der Waals surface area contributed by atoms with Crippen LogP contribution in [0.25, 0.3) is 0 Å². The number of fused-ring (bicyclic) bond motifs is 1. The molecule has 4 nitrogen and oxygen atoms in total. The minimum absolute atomic E-state index is 0.0262. The standard InChI is InChI=1S/C16H19N3OS/c1-10-7-11(16(17)19-8-10)15(18-2)13-9-21-14-6-4-3-5-12(14)20-13/h3-8,13,15,18H,9H2,1-2H3,(H2,17,19). The number of hydrogen-bond donors (Lipinski definition) is 2. The highest BCUT2D eigenvalue weighted by Gasteiger charge is 2.29. The van der Waals surface area contributed by atoms with E-state index in [4.69, 9.17) is 10.5 Å². The van der Waals surface area contributed by atoms with Crippen molar-refractivity contribution in [2.75, 3.05) is 18.5 Å². The molecule has 0 radical (unpaired) electrons. The van der Waals surface area contributed by atoms with E-state index in [0.29, 0.717) is 5.82 Å². The summed E-state index contributed by atoms with van der Waals surface area (Å²) in [7, 11) is 1.93. The van der Waals surface area contributed by atoms with E-state index in [1.165, 1.54) is 4.90 Å². The van der Waals surface area contributed by atoms with Gasteiger partial charge in [-0.1, -0.05) is 12.1 Å². The smallest absolute Gasteiger partial charge is 0.133 e. The third-order valence-electron chi connectivity index (χ3n) is 3.63. The van der Waals surface area contributed by atoms with Crippen molar-refractivity contribution in [3.05, 3.63) is 47.7 Å². The number of thioether (sulfide) groups is 1. The van der Waals surface area contributed by atoms with Gasteiger partial charge in [0, 0.05) is 22.4 Å². The summed E-state index contributed by atoms with van der Waals surface area (Å²) in [6, 6.07) is 10.2. The average molecular weight is 301 g/mol. The van der Waals surface area contributed by atoms with E-state index in [0.717, 1.165) is 22.6 Å². The molecule has 2 aromatic rings. The van der Waals surface area contributed by atoms with Crippen molar-refractivity contribution >= 4 is 17.6 Å². The Labute approximate surface area is 129 Å². The van der Waals surface area contributed by atoms with E-state index in [2.05, 4.69) is 22.4 Å². The van der Waals surface area contributed by atoms with Gasteiger partial charge in [-0.2, -0.15) is 0 Å². The number of ether oxygens (including phenoxy) is 1. The summed E-state index contributed by atoms with van der Waals surface area (Å²) >= 11 is 1.82. The molecule has 1 aromatic carbocycles. The molecule has 0 aliphatic carbocycles. The van der Waals surface area contributed by atoms with Gasteiger partial charge in [0.05, 0.1) is 6.04 Å². The molecule has 0 spiro atoms. The number of nitrogens with zero attached hydrogens (tertiary/aromatic N) is 1. The monoisotopic (exact) mass is 301 g/mol. The first-order chi connectivity index (χ1) is 10.2. The van der Waals surface area contributed by atoms with Gasteiger partial charge in [0.15, 0.2) is 0 Å². The number of benzene rings is 1. The fourth-order valence-electron chi connectivity index (χ4n) is 2.59. The lowest BCUT2D eigenvalue weighted by Crippen LogP contribution is -2.38. The van der Waals surface area contributed by atoms with Gasteiger partial charge < -0.3 is 15.8 Å². The SMILES string of the molecule is CNC(c1cc(C)cnc1N)C1CSc2ccccc2O1. The maximum Gasteiger partial charge on any atom is 0.133 e. The van der Waals surface area contributed by atoms with Crippen LogP contribution in [0.5, 0.6) is 5.75 Å². The van der Waals surface area contributed by atoms with E-state index in [1.54, 1.807) is 6.20 Å². The second-order valence-corrected chi connectivity index (χ2v) is 6.23. The molecule has 3 rings (SSSR count). The Morgan fingerprint density at radius 2 is 2.24 bits per heavy atom. The lowest BCUT2D eigenvalue weighted by atomic mass is 10.0. The normalized spacial score (nSPS) is 18.7. The average Bonchev–Trinajstić information content (AvgIpc) is 2.51. The number of rotatable bonds is 3. The Kier molecular flexibility index (Phi) is 4.03. The van der Waals surface area contributed by atoms with Crippen LogP contribution < -0.4 is 15.8 Å². The van der Waals surface area contributed by atoms with Gasteiger partial charge in [0.1, 0.15) is 17.7 Å². The second kappa shape index (κ2) is 5.95. The molecule has 5 heteroatoms. The molecule has 0 fully saturated rings. The van der Waals surface area contributed by atoms with E-state index >= 15 is 0 Å². The molecule has 0 saturated heterocycles. The highest BCUT2D eigenvalue weighted by Crippen LogP contribution is 2.38. The minimum atomic E-state index is 0.0262. The van der Waals surface area contributed by atoms with Gasteiger partial charge in [-0.15, -0.1) is 11.8 Å². The predicted octanol–water partition coefficient (Wildman–Crippen LogP) is 2.79. The number of para-hydroxylation sites is 1.